The molecule has 278 valence electrons. The Morgan fingerprint density at radius 1 is 0.600 bits per heavy atom. The number of para-hydroxylation sites is 4. The zero-order chi connectivity index (χ0) is 37.9. The van der Waals surface area contributed by atoms with E-state index >= 15 is 0 Å². The largest absolute Gasteiger partial charge is 0.466 e. The molecule has 0 fully saturated rings. The number of anilines is 5. The quantitative estimate of drug-likeness (QED) is 0.113. The van der Waals surface area contributed by atoms with Crippen LogP contribution in [0.4, 0.5) is 28.6 Å². The first kappa shape index (κ1) is 35.7. The molecule has 8 heteroatoms. The lowest BCUT2D eigenvalue weighted by Gasteiger charge is -2.40. The van der Waals surface area contributed by atoms with Crippen LogP contribution >= 0.6 is 0 Å². The Morgan fingerprint density at radius 3 is 1.55 bits per heavy atom. The molecule has 0 aliphatic carbocycles. The van der Waals surface area contributed by atoms with Gasteiger partial charge in [-0.05, 0) is 80.4 Å². The second kappa shape index (κ2) is 15.2. The smallest absolute Gasteiger partial charge is 0.261 e. The minimum atomic E-state index is -0.835. The molecule has 0 N–H and O–H groups in total. The van der Waals surface area contributed by atoms with Crippen molar-refractivity contribution in [1.29, 1.82) is 0 Å². The predicted octanol–water partition coefficient (Wildman–Crippen LogP) is 10.9. The Balaban J connectivity index is 1.24. The van der Waals surface area contributed by atoms with E-state index in [1.165, 1.54) is 0 Å². The van der Waals surface area contributed by atoms with E-state index in [-0.39, 0.29) is 11.8 Å². The summed E-state index contributed by atoms with van der Waals surface area (Å²) < 4.78 is 13.7. The maximum Gasteiger partial charge on any atom is 0.261 e. The number of benzene rings is 4. The van der Waals surface area contributed by atoms with Gasteiger partial charge in [-0.25, -0.2) is 0 Å². The van der Waals surface area contributed by atoms with Crippen molar-refractivity contribution in [1.82, 2.24) is 9.80 Å². The molecule has 0 radical (unpaired) electrons. The molecule has 55 heavy (non-hydrogen) atoms. The van der Waals surface area contributed by atoms with E-state index in [0.717, 1.165) is 48.4 Å². The molecule has 1 unspecified atom stereocenters. The Bertz CT molecular complexity index is 2180. The van der Waals surface area contributed by atoms with E-state index < -0.39 is 5.72 Å². The molecule has 0 saturated carbocycles. The molecule has 4 aromatic carbocycles. The van der Waals surface area contributed by atoms with Gasteiger partial charge in [-0.15, -0.1) is 0 Å². The van der Waals surface area contributed by atoms with Crippen molar-refractivity contribution in [2.24, 2.45) is 0 Å². The van der Waals surface area contributed by atoms with Crippen molar-refractivity contribution >= 4 is 46.1 Å². The lowest BCUT2D eigenvalue weighted by molar-refractivity contribution is -0.124. The molecular formula is C47H46N4O4. The molecule has 5 aromatic rings. The van der Waals surface area contributed by atoms with Crippen LogP contribution < -0.4 is 9.80 Å². The number of hydrogen-bond acceptors (Lipinski definition) is 6. The van der Waals surface area contributed by atoms with Gasteiger partial charge in [0.05, 0.1) is 16.8 Å². The summed E-state index contributed by atoms with van der Waals surface area (Å²) in [4.78, 5) is 37.4. The normalized spacial score (nSPS) is 17.9. The second-order valence-electron chi connectivity index (χ2n) is 14.3. The summed E-state index contributed by atoms with van der Waals surface area (Å²) in [6.07, 6.45) is 5.90. The van der Waals surface area contributed by atoms with Gasteiger partial charge in [0.1, 0.15) is 11.5 Å². The van der Waals surface area contributed by atoms with Gasteiger partial charge in [-0.3, -0.25) is 14.5 Å². The van der Waals surface area contributed by atoms with Crippen LogP contribution in [0.3, 0.4) is 0 Å². The van der Waals surface area contributed by atoms with E-state index in [4.69, 9.17) is 9.15 Å². The minimum absolute atomic E-state index is 0.206. The fourth-order valence-corrected chi connectivity index (χ4v) is 7.83. The lowest BCUT2D eigenvalue weighted by Crippen LogP contribution is -2.43. The van der Waals surface area contributed by atoms with Crippen LogP contribution in [0.25, 0.3) is 5.70 Å². The number of carbonyl (C=O) groups is 2. The second-order valence-corrected chi connectivity index (χ2v) is 14.3. The first-order chi connectivity index (χ1) is 26.9. The molecule has 2 amide bonds. The first-order valence-electron chi connectivity index (χ1n) is 19.4. The van der Waals surface area contributed by atoms with Gasteiger partial charge < -0.3 is 23.9 Å². The predicted molar refractivity (Wildman–Crippen MR) is 218 cm³/mol. The van der Waals surface area contributed by atoms with Crippen molar-refractivity contribution in [3.63, 3.8) is 0 Å². The van der Waals surface area contributed by atoms with Crippen molar-refractivity contribution in [2.75, 3.05) is 22.9 Å². The van der Waals surface area contributed by atoms with Gasteiger partial charge in [0.15, 0.2) is 11.5 Å². The van der Waals surface area contributed by atoms with E-state index in [1.807, 2.05) is 120 Å². The Morgan fingerprint density at radius 2 is 1.05 bits per heavy atom. The average Bonchev–Trinajstić information content (AvgIpc) is 3.98. The third kappa shape index (κ3) is 6.52. The molecule has 1 atom stereocenters. The first-order valence-corrected chi connectivity index (χ1v) is 19.4. The van der Waals surface area contributed by atoms with Crippen molar-refractivity contribution < 1.29 is 18.7 Å². The molecule has 4 heterocycles. The van der Waals surface area contributed by atoms with Gasteiger partial charge in [0.25, 0.3) is 11.8 Å². The van der Waals surface area contributed by atoms with Gasteiger partial charge in [-0.1, -0.05) is 99.5 Å². The molecule has 0 saturated heterocycles. The number of carbonyl (C=O) groups excluding carboxylic acids is 2. The van der Waals surface area contributed by atoms with Crippen molar-refractivity contribution in [2.45, 2.75) is 58.6 Å². The summed E-state index contributed by atoms with van der Waals surface area (Å²) in [6.45, 7) is 7.19. The van der Waals surface area contributed by atoms with Crippen molar-refractivity contribution in [3.8, 4) is 0 Å². The molecule has 3 aliphatic rings. The topological polar surface area (TPSA) is 69.5 Å². The maximum atomic E-state index is 14.8. The zero-order valence-corrected chi connectivity index (χ0v) is 31.7. The summed E-state index contributed by atoms with van der Waals surface area (Å²) in [5.74, 6) is 1.18. The minimum Gasteiger partial charge on any atom is -0.466 e. The number of unbranched alkanes of at least 4 members (excludes halogenated alkanes) is 2. The third-order valence-corrected chi connectivity index (χ3v) is 10.5. The molecule has 0 bridgehead atoms. The highest BCUT2D eigenvalue weighted by Crippen LogP contribution is 2.50. The van der Waals surface area contributed by atoms with Crippen LogP contribution in [-0.4, -0.2) is 40.4 Å². The number of ether oxygens (including phenoxy) is 1. The van der Waals surface area contributed by atoms with Gasteiger partial charge in [-0.2, -0.15) is 0 Å². The number of hydrogen-bond donors (Lipinski definition) is 0. The molecule has 1 aromatic heterocycles. The molecule has 8 rings (SSSR count). The lowest BCUT2D eigenvalue weighted by atomic mass is 10.1. The Hall–Kier alpha value is -6.28. The highest BCUT2D eigenvalue weighted by Gasteiger charge is 2.52. The third-order valence-electron chi connectivity index (χ3n) is 10.5. The zero-order valence-electron chi connectivity index (χ0n) is 31.7. The average molecular weight is 731 g/mol. The fourth-order valence-electron chi connectivity index (χ4n) is 7.83. The van der Waals surface area contributed by atoms with Gasteiger partial charge in [0, 0.05) is 48.3 Å². The molecule has 8 nitrogen and oxygen atoms in total. The van der Waals surface area contributed by atoms with Crippen LogP contribution in [-0.2, 0) is 14.3 Å². The highest BCUT2D eigenvalue weighted by molar-refractivity contribution is 6.25. The SMILES string of the molecule is CCCCN1C(=O)C2=C(c3ccc(N(c4ccccc4)c4ccccc4)o3)N(CCCC)C(=O)C2=C1C1=CCC(C)(N(c2ccccc2)c2ccccc2)O1. The maximum absolute atomic E-state index is 14.8. The number of fused-ring (bicyclic) bond motifs is 1. The van der Waals surface area contributed by atoms with E-state index in [9.17, 15) is 9.59 Å². The standard InChI is InChI=1S/C47H46N4O4/c1-4-6-32-48-43(38-28-29-40(54-38)50(34-20-12-8-13-21-34)35-22-14-9-15-23-35)41-42(46(48)53)44(49(45(41)52)33-7-5-2)39-30-31-47(3,55-39)51(36-24-16-10-17-25-36)37-26-18-11-19-27-37/h8-30H,4-7,31-33H2,1-3H3. The summed E-state index contributed by atoms with van der Waals surface area (Å²) >= 11 is 0. The molecule has 3 aliphatic heterocycles. The van der Waals surface area contributed by atoms with Crippen LogP contribution in [0.5, 0.6) is 0 Å². The van der Waals surface area contributed by atoms with E-state index in [0.29, 0.717) is 59.5 Å². The Labute approximate surface area is 323 Å². The van der Waals surface area contributed by atoms with Crippen LogP contribution in [0, 0.1) is 0 Å². The summed E-state index contributed by atoms with van der Waals surface area (Å²) in [6, 6.07) is 44.2. The van der Waals surface area contributed by atoms with Gasteiger partial charge >= 0.3 is 0 Å². The van der Waals surface area contributed by atoms with E-state index in [1.54, 1.807) is 9.80 Å². The number of furan rings is 1. The van der Waals surface area contributed by atoms with Crippen molar-refractivity contribution in [3.05, 3.63) is 168 Å². The van der Waals surface area contributed by atoms with E-state index in [2.05, 4.69) is 49.9 Å². The van der Waals surface area contributed by atoms with Crippen LogP contribution in [0.1, 0.15) is 58.6 Å². The monoisotopic (exact) mass is 730 g/mol. The van der Waals surface area contributed by atoms with Crippen LogP contribution in [0.15, 0.2) is 167 Å². The van der Waals surface area contributed by atoms with Gasteiger partial charge in [0.2, 0.25) is 5.88 Å². The molecular weight excluding hydrogens is 685 g/mol. The fraction of sp³-hybridized carbons (Fsp3) is 0.234. The Kier molecular flexibility index (Phi) is 9.89. The molecule has 0 spiro atoms. The van der Waals surface area contributed by atoms with Crippen LogP contribution in [0.2, 0.25) is 0 Å². The summed E-state index contributed by atoms with van der Waals surface area (Å²) in [5.41, 5.74) is 4.79. The summed E-state index contributed by atoms with van der Waals surface area (Å²) in [5, 5.41) is 0. The number of amides is 2. The highest BCUT2D eigenvalue weighted by atomic mass is 16.5. The number of rotatable bonds is 14. The number of nitrogens with zero attached hydrogens (tertiary/aromatic N) is 4. The summed E-state index contributed by atoms with van der Waals surface area (Å²) in [7, 11) is 0.